The number of non-ortho nitro benzene ring substituents is 1. The quantitative estimate of drug-likeness (QED) is 0.598. The van der Waals surface area contributed by atoms with E-state index in [0.717, 1.165) is 18.8 Å². The lowest BCUT2D eigenvalue weighted by Gasteiger charge is -2.22. The molecule has 4 nitrogen and oxygen atoms in total. The van der Waals surface area contributed by atoms with E-state index >= 15 is 0 Å². The second-order valence-electron chi connectivity index (χ2n) is 4.17. The van der Waals surface area contributed by atoms with Crippen molar-refractivity contribution in [3.63, 3.8) is 0 Å². The molecular weight excluding hydrogens is 235 g/mol. The van der Waals surface area contributed by atoms with Gasteiger partial charge in [0.2, 0.25) is 0 Å². The highest BCUT2D eigenvalue weighted by Crippen LogP contribution is 2.22. The largest absolute Gasteiger partial charge is 0.372 e. The molecule has 1 heterocycles. The van der Waals surface area contributed by atoms with E-state index in [0.29, 0.717) is 7.18 Å². The van der Waals surface area contributed by atoms with E-state index in [1.807, 2.05) is 12.1 Å². The number of nitrogens with zero attached hydrogens (tertiary/aromatic N) is 2. The molecule has 0 saturated carbocycles. The van der Waals surface area contributed by atoms with E-state index in [1.54, 1.807) is 12.1 Å². The van der Waals surface area contributed by atoms with Gasteiger partial charge in [-0.25, -0.2) is 0 Å². The summed E-state index contributed by atoms with van der Waals surface area (Å²) >= 11 is 0. The molecule has 0 amide bonds. The van der Waals surface area contributed by atoms with Crippen LogP contribution in [0.4, 0.5) is 15.8 Å². The highest BCUT2D eigenvalue weighted by molar-refractivity contribution is 5.50. The van der Waals surface area contributed by atoms with Gasteiger partial charge in [-0.1, -0.05) is 12.8 Å². The zero-order valence-corrected chi connectivity index (χ0v) is 10.6. The molecule has 0 spiro atoms. The van der Waals surface area contributed by atoms with Crippen LogP contribution in [0.1, 0.15) is 25.7 Å². The van der Waals surface area contributed by atoms with Crippen LogP contribution in [0.15, 0.2) is 24.3 Å². The van der Waals surface area contributed by atoms with Gasteiger partial charge in [0.15, 0.2) is 0 Å². The van der Waals surface area contributed by atoms with E-state index in [4.69, 9.17) is 0 Å². The monoisotopic (exact) mass is 254 g/mol. The number of hydrogen-bond donors (Lipinski definition) is 0. The van der Waals surface area contributed by atoms with E-state index in [9.17, 15) is 14.5 Å². The van der Waals surface area contributed by atoms with Gasteiger partial charge in [-0.05, 0) is 25.0 Å². The number of nitro benzene ring substituents is 1. The zero-order valence-electron chi connectivity index (χ0n) is 10.6. The molecule has 1 aromatic rings. The van der Waals surface area contributed by atoms with Crippen molar-refractivity contribution in [2.45, 2.75) is 25.7 Å². The second-order valence-corrected chi connectivity index (χ2v) is 4.17. The van der Waals surface area contributed by atoms with Gasteiger partial charge < -0.3 is 4.90 Å². The van der Waals surface area contributed by atoms with Crippen LogP contribution in [0.3, 0.4) is 0 Å². The summed E-state index contributed by atoms with van der Waals surface area (Å²) in [6, 6.07) is 6.87. The molecule has 1 aromatic carbocycles. The number of rotatable bonds is 2. The first-order valence-corrected chi connectivity index (χ1v) is 6.14. The standard InChI is InChI=1S/C12H16N2O2.CH3F/c15-14(16)12-7-5-11(6-8-12)13-9-3-1-2-4-10-13;1-2/h5-8H,1-4,9-10H2;1H3. The minimum atomic E-state index is -0.355. The lowest BCUT2D eigenvalue weighted by molar-refractivity contribution is -0.384. The van der Waals surface area contributed by atoms with Gasteiger partial charge in [-0.15, -0.1) is 0 Å². The summed E-state index contributed by atoms with van der Waals surface area (Å²) in [5.41, 5.74) is 1.27. The molecule has 5 heteroatoms. The summed E-state index contributed by atoms with van der Waals surface area (Å²) in [4.78, 5) is 12.5. The van der Waals surface area contributed by atoms with Gasteiger partial charge in [0.05, 0.1) is 12.1 Å². The van der Waals surface area contributed by atoms with Gasteiger partial charge in [0.1, 0.15) is 0 Å². The SMILES string of the molecule is CF.O=[N+]([O-])c1ccc(N2CCCCCC2)cc1. The topological polar surface area (TPSA) is 46.4 Å². The summed E-state index contributed by atoms with van der Waals surface area (Å²) in [6.45, 7) is 2.13. The summed E-state index contributed by atoms with van der Waals surface area (Å²) in [5, 5.41) is 10.5. The normalized spacial score (nSPS) is 15.3. The van der Waals surface area contributed by atoms with Crippen LogP contribution >= 0.6 is 0 Å². The molecule has 0 aliphatic carbocycles. The minimum absolute atomic E-state index is 0.165. The molecule has 2 rings (SSSR count). The fourth-order valence-electron chi connectivity index (χ4n) is 2.11. The third-order valence-corrected chi connectivity index (χ3v) is 3.03. The number of nitro groups is 1. The van der Waals surface area contributed by atoms with Gasteiger partial charge in [0, 0.05) is 30.9 Å². The summed E-state index contributed by atoms with van der Waals surface area (Å²) in [5.74, 6) is 0. The molecule has 18 heavy (non-hydrogen) atoms. The Bertz CT molecular complexity index is 360. The van der Waals surface area contributed by atoms with Crippen LogP contribution in [0.5, 0.6) is 0 Å². The smallest absolute Gasteiger partial charge is 0.269 e. The van der Waals surface area contributed by atoms with Crippen LogP contribution in [0, 0.1) is 10.1 Å². The maximum absolute atomic E-state index is 10.5. The van der Waals surface area contributed by atoms with Crippen molar-refractivity contribution >= 4 is 11.4 Å². The van der Waals surface area contributed by atoms with E-state index in [1.165, 1.54) is 25.7 Å². The Morgan fingerprint density at radius 2 is 1.56 bits per heavy atom. The lowest BCUT2D eigenvalue weighted by Crippen LogP contribution is -2.23. The predicted octanol–water partition coefficient (Wildman–Crippen LogP) is 3.56. The lowest BCUT2D eigenvalue weighted by atomic mass is 10.2. The molecule has 1 saturated heterocycles. The van der Waals surface area contributed by atoms with Gasteiger partial charge >= 0.3 is 0 Å². The average Bonchev–Trinajstić information content (AvgIpc) is 2.70. The third-order valence-electron chi connectivity index (χ3n) is 3.03. The fourth-order valence-corrected chi connectivity index (χ4v) is 2.11. The molecule has 0 unspecified atom stereocenters. The minimum Gasteiger partial charge on any atom is -0.372 e. The number of halogens is 1. The van der Waals surface area contributed by atoms with Crippen LogP contribution < -0.4 is 4.90 Å². The Morgan fingerprint density at radius 3 is 2.00 bits per heavy atom. The fraction of sp³-hybridized carbons (Fsp3) is 0.538. The van der Waals surface area contributed by atoms with Crippen LogP contribution in [0.25, 0.3) is 0 Å². The van der Waals surface area contributed by atoms with E-state index in [2.05, 4.69) is 4.90 Å². The van der Waals surface area contributed by atoms with Crippen LogP contribution in [-0.2, 0) is 0 Å². The Morgan fingerprint density at radius 1 is 1.06 bits per heavy atom. The van der Waals surface area contributed by atoms with Gasteiger partial charge in [-0.2, -0.15) is 0 Å². The first kappa shape index (κ1) is 14.4. The molecule has 0 aromatic heterocycles. The van der Waals surface area contributed by atoms with Crippen LogP contribution in [-0.4, -0.2) is 25.2 Å². The highest BCUT2D eigenvalue weighted by atomic mass is 19.1. The number of anilines is 1. The highest BCUT2D eigenvalue weighted by Gasteiger charge is 2.11. The number of alkyl halides is 1. The van der Waals surface area contributed by atoms with Crippen molar-refractivity contribution in [2.75, 3.05) is 25.2 Å². The average molecular weight is 254 g/mol. The molecule has 0 atom stereocenters. The predicted molar refractivity (Wildman–Crippen MR) is 70.8 cm³/mol. The maximum Gasteiger partial charge on any atom is 0.269 e. The van der Waals surface area contributed by atoms with Crippen molar-refractivity contribution in [3.8, 4) is 0 Å². The number of hydrogen-bond acceptors (Lipinski definition) is 3. The van der Waals surface area contributed by atoms with Crippen molar-refractivity contribution in [3.05, 3.63) is 34.4 Å². The van der Waals surface area contributed by atoms with Gasteiger partial charge in [-0.3, -0.25) is 14.5 Å². The zero-order chi connectivity index (χ0) is 13.4. The van der Waals surface area contributed by atoms with Crippen LogP contribution in [0.2, 0.25) is 0 Å². The molecular formula is C13H19FN2O2. The Kier molecular flexibility index (Phi) is 6.11. The van der Waals surface area contributed by atoms with Crippen molar-refractivity contribution in [1.29, 1.82) is 0 Å². The van der Waals surface area contributed by atoms with Crippen molar-refractivity contribution < 1.29 is 9.31 Å². The second kappa shape index (κ2) is 7.63. The third kappa shape index (κ3) is 3.98. The molecule has 0 bridgehead atoms. The van der Waals surface area contributed by atoms with Crippen molar-refractivity contribution in [1.82, 2.24) is 0 Å². The Hall–Kier alpha value is -1.65. The summed E-state index contributed by atoms with van der Waals surface area (Å²) in [6.07, 6.45) is 5.03. The molecule has 1 aliphatic heterocycles. The van der Waals surface area contributed by atoms with E-state index < -0.39 is 0 Å². The van der Waals surface area contributed by atoms with E-state index in [-0.39, 0.29) is 10.6 Å². The summed E-state index contributed by atoms with van der Waals surface area (Å²) < 4.78 is 9.50. The van der Waals surface area contributed by atoms with Gasteiger partial charge in [0.25, 0.3) is 5.69 Å². The summed E-state index contributed by atoms with van der Waals surface area (Å²) in [7, 11) is 0.500. The Labute approximate surface area is 107 Å². The first-order chi connectivity index (χ1) is 8.77. The molecule has 0 radical (unpaired) electrons. The molecule has 1 aliphatic rings. The molecule has 100 valence electrons. The number of benzene rings is 1. The Balaban J connectivity index is 0.000000771. The maximum atomic E-state index is 10.5. The first-order valence-electron chi connectivity index (χ1n) is 6.14. The van der Waals surface area contributed by atoms with Crippen molar-refractivity contribution in [2.24, 2.45) is 0 Å². The molecule has 0 N–H and O–H groups in total. The molecule has 1 fully saturated rings.